The molecule has 22 heavy (non-hydrogen) atoms. The highest BCUT2D eigenvalue weighted by Gasteiger charge is 2.26. The van der Waals surface area contributed by atoms with Crippen molar-refractivity contribution in [3.63, 3.8) is 0 Å². The van der Waals surface area contributed by atoms with Gasteiger partial charge in [0.1, 0.15) is 12.4 Å². The van der Waals surface area contributed by atoms with Crippen LogP contribution in [-0.4, -0.2) is 13.2 Å². The summed E-state index contributed by atoms with van der Waals surface area (Å²) in [5.41, 5.74) is 1.10. The molecule has 0 unspecified atom stereocenters. The largest absolute Gasteiger partial charge is 0.489 e. The molecule has 0 radical (unpaired) electrons. The molecule has 2 aromatic rings. The van der Waals surface area contributed by atoms with Crippen LogP contribution in [0.5, 0.6) is 5.75 Å². The van der Waals surface area contributed by atoms with Gasteiger partial charge >= 0.3 is 7.60 Å². The Morgan fingerprint density at radius 2 is 1.45 bits per heavy atom. The fourth-order valence-electron chi connectivity index (χ4n) is 1.99. The zero-order valence-electron chi connectivity index (χ0n) is 12.9. The van der Waals surface area contributed by atoms with Gasteiger partial charge in [-0.05, 0) is 43.7 Å². The molecule has 0 aliphatic heterocycles. The van der Waals surface area contributed by atoms with E-state index in [0.29, 0.717) is 30.9 Å². The fourth-order valence-corrected chi connectivity index (χ4v) is 3.56. The summed E-state index contributed by atoms with van der Waals surface area (Å²) >= 11 is 0. The third-order valence-corrected chi connectivity index (χ3v) is 5.13. The Balaban J connectivity index is 2.04. The van der Waals surface area contributed by atoms with E-state index >= 15 is 0 Å². The van der Waals surface area contributed by atoms with E-state index < -0.39 is 7.60 Å². The number of rotatable bonds is 8. The summed E-state index contributed by atoms with van der Waals surface area (Å²) in [6.07, 6.45) is 0. The van der Waals surface area contributed by atoms with Crippen LogP contribution in [0.15, 0.2) is 54.6 Å². The maximum Gasteiger partial charge on any atom is 0.361 e. The van der Waals surface area contributed by atoms with Crippen molar-refractivity contribution < 1.29 is 18.3 Å². The molecule has 0 saturated carbocycles. The Morgan fingerprint density at radius 1 is 0.864 bits per heavy atom. The molecule has 118 valence electrons. The predicted molar refractivity (Wildman–Crippen MR) is 87.7 cm³/mol. The van der Waals surface area contributed by atoms with Crippen molar-refractivity contribution in [1.29, 1.82) is 0 Å². The first-order chi connectivity index (χ1) is 10.7. The van der Waals surface area contributed by atoms with E-state index in [1.807, 2.05) is 30.3 Å². The van der Waals surface area contributed by atoms with Gasteiger partial charge in [-0.1, -0.05) is 30.3 Å². The van der Waals surface area contributed by atoms with E-state index in [0.717, 1.165) is 5.56 Å². The van der Waals surface area contributed by atoms with Gasteiger partial charge in [-0.15, -0.1) is 0 Å². The van der Waals surface area contributed by atoms with E-state index in [1.54, 1.807) is 38.1 Å². The monoisotopic (exact) mass is 320 g/mol. The van der Waals surface area contributed by atoms with Crippen LogP contribution in [0, 0.1) is 0 Å². The minimum Gasteiger partial charge on any atom is -0.489 e. The lowest BCUT2D eigenvalue weighted by molar-refractivity contribution is 0.230. The molecule has 0 saturated heterocycles. The number of benzene rings is 2. The molecular formula is C17H21O4P. The number of ether oxygens (including phenoxy) is 1. The Labute approximate surface area is 131 Å². The Morgan fingerprint density at radius 3 is 2.00 bits per heavy atom. The van der Waals surface area contributed by atoms with E-state index in [2.05, 4.69) is 0 Å². The highest BCUT2D eigenvalue weighted by molar-refractivity contribution is 7.62. The molecule has 0 fully saturated rings. The van der Waals surface area contributed by atoms with Crippen molar-refractivity contribution in [1.82, 2.24) is 0 Å². The van der Waals surface area contributed by atoms with Crippen LogP contribution in [0.2, 0.25) is 0 Å². The average Bonchev–Trinajstić information content (AvgIpc) is 2.55. The summed E-state index contributed by atoms with van der Waals surface area (Å²) in [7, 11) is -3.22. The molecule has 5 heteroatoms. The molecule has 0 atom stereocenters. The molecule has 0 amide bonds. The molecule has 0 heterocycles. The zero-order chi connectivity index (χ0) is 15.8. The van der Waals surface area contributed by atoms with Crippen molar-refractivity contribution >= 4 is 12.9 Å². The van der Waals surface area contributed by atoms with Crippen LogP contribution >= 0.6 is 7.60 Å². The minimum atomic E-state index is -3.22. The minimum absolute atomic E-state index is 0.337. The summed E-state index contributed by atoms with van der Waals surface area (Å²) in [5, 5.41) is 0.545. The normalized spacial score (nSPS) is 11.4. The Hall–Kier alpha value is -1.61. The van der Waals surface area contributed by atoms with Crippen LogP contribution in [0.1, 0.15) is 19.4 Å². The van der Waals surface area contributed by atoms with Crippen LogP contribution in [0.4, 0.5) is 0 Å². The van der Waals surface area contributed by atoms with Crippen LogP contribution in [0.3, 0.4) is 0 Å². The van der Waals surface area contributed by atoms with Gasteiger partial charge in [0, 0.05) is 0 Å². The molecule has 2 rings (SSSR count). The lowest BCUT2D eigenvalue weighted by Gasteiger charge is -2.17. The van der Waals surface area contributed by atoms with Crippen molar-refractivity contribution in [3.8, 4) is 5.75 Å². The second-order valence-corrected chi connectivity index (χ2v) is 6.63. The molecule has 0 aromatic heterocycles. The van der Waals surface area contributed by atoms with Gasteiger partial charge in [-0.2, -0.15) is 0 Å². The van der Waals surface area contributed by atoms with Crippen LogP contribution in [0.25, 0.3) is 0 Å². The van der Waals surface area contributed by atoms with Crippen LogP contribution in [-0.2, 0) is 20.2 Å². The predicted octanol–water partition coefficient (Wildman–Crippen LogP) is 4.16. The standard InChI is InChI=1S/C17H21O4P/c1-3-20-22(18,21-4-2)17-12-10-16(11-13-17)19-14-15-8-6-5-7-9-15/h5-13H,3-4,14H2,1-2H3. The van der Waals surface area contributed by atoms with E-state index in [1.165, 1.54) is 0 Å². The number of hydrogen-bond donors (Lipinski definition) is 0. The molecule has 0 aliphatic rings. The van der Waals surface area contributed by atoms with Crippen molar-refractivity contribution in [2.75, 3.05) is 13.2 Å². The van der Waals surface area contributed by atoms with Crippen molar-refractivity contribution in [2.45, 2.75) is 20.5 Å². The average molecular weight is 320 g/mol. The summed E-state index contributed by atoms with van der Waals surface area (Å²) < 4.78 is 29.0. The van der Waals surface area contributed by atoms with Gasteiger partial charge in [0.05, 0.1) is 18.5 Å². The van der Waals surface area contributed by atoms with E-state index in [4.69, 9.17) is 13.8 Å². The Bertz CT molecular complexity index is 600. The van der Waals surface area contributed by atoms with Gasteiger partial charge in [-0.3, -0.25) is 4.57 Å². The number of hydrogen-bond acceptors (Lipinski definition) is 4. The van der Waals surface area contributed by atoms with E-state index in [9.17, 15) is 4.57 Å². The SMILES string of the molecule is CCOP(=O)(OCC)c1ccc(OCc2ccccc2)cc1. The van der Waals surface area contributed by atoms with Gasteiger partial charge in [0.15, 0.2) is 0 Å². The third-order valence-electron chi connectivity index (χ3n) is 3.00. The highest BCUT2D eigenvalue weighted by atomic mass is 31.2. The zero-order valence-corrected chi connectivity index (χ0v) is 13.8. The smallest absolute Gasteiger partial charge is 0.361 e. The maximum atomic E-state index is 12.6. The lowest BCUT2D eigenvalue weighted by atomic mass is 10.2. The topological polar surface area (TPSA) is 44.8 Å². The Kier molecular flexibility index (Phi) is 6.20. The maximum absolute atomic E-state index is 12.6. The van der Waals surface area contributed by atoms with E-state index in [-0.39, 0.29) is 0 Å². The van der Waals surface area contributed by atoms with Gasteiger partial charge in [-0.25, -0.2) is 0 Å². The van der Waals surface area contributed by atoms with Gasteiger partial charge in [0.25, 0.3) is 0 Å². The van der Waals surface area contributed by atoms with Crippen molar-refractivity contribution in [3.05, 3.63) is 60.2 Å². The summed E-state index contributed by atoms with van der Waals surface area (Å²) in [6.45, 7) is 4.76. The van der Waals surface area contributed by atoms with Gasteiger partial charge in [0.2, 0.25) is 0 Å². The first kappa shape index (κ1) is 16.8. The summed E-state index contributed by atoms with van der Waals surface area (Å²) in [6, 6.07) is 17.0. The second kappa shape index (κ2) is 8.14. The molecule has 4 nitrogen and oxygen atoms in total. The summed E-state index contributed by atoms with van der Waals surface area (Å²) in [5.74, 6) is 0.715. The first-order valence-corrected chi connectivity index (χ1v) is 8.88. The summed E-state index contributed by atoms with van der Waals surface area (Å²) in [4.78, 5) is 0. The third kappa shape index (κ3) is 4.44. The molecule has 0 aliphatic carbocycles. The highest BCUT2D eigenvalue weighted by Crippen LogP contribution is 2.46. The molecule has 2 aromatic carbocycles. The first-order valence-electron chi connectivity index (χ1n) is 7.34. The molecule has 0 N–H and O–H groups in total. The van der Waals surface area contributed by atoms with Crippen LogP contribution < -0.4 is 10.0 Å². The van der Waals surface area contributed by atoms with Crippen molar-refractivity contribution in [2.24, 2.45) is 0 Å². The molecular weight excluding hydrogens is 299 g/mol. The quantitative estimate of drug-likeness (QED) is 0.685. The molecule has 0 bridgehead atoms. The fraction of sp³-hybridized carbons (Fsp3) is 0.294. The van der Waals surface area contributed by atoms with Gasteiger partial charge < -0.3 is 13.8 Å². The second-order valence-electron chi connectivity index (χ2n) is 4.60. The molecule has 0 spiro atoms. The lowest BCUT2D eigenvalue weighted by Crippen LogP contribution is -2.10.